The summed E-state index contributed by atoms with van der Waals surface area (Å²) < 4.78 is 6.33. The zero-order valence-electron chi connectivity index (χ0n) is 12.3. The first-order valence-corrected chi connectivity index (χ1v) is 7.77. The number of halogens is 1. The molecule has 2 atom stereocenters. The highest BCUT2D eigenvalue weighted by Gasteiger charge is 2.45. The third-order valence-electron chi connectivity index (χ3n) is 3.75. The molecule has 0 aliphatic carbocycles. The molecule has 0 radical (unpaired) electrons. The number of nitriles is 1. The SMILES string of the molecule is CC1(c2ccc(C#N)cc2)CC(Nc2ncc(Br)cn2)C(=O)O1. The van der Waals surface area contributed by atoms with E-state index in [0.29, 0.717) is 17.9 Å². The van der Waals surface area contributed by atoms with E-state index in [-0.39, 0.29) is 5.97 Å². The van der Waals surface area contributed by atoms with E-state index >= 15 is 0 Å². The molecule has 0 saturated carbocycles. The van der Waals surface area contributed by atoms with Crippen molar-refractivity contribution in [3.63, 3.8) is 0 Å². The Bertz CT molecular complexity index is 770. The van der Waals surface area contributed by atoms with Crippen LogP contribution < -0.4 is 5.32 Å². The van der Waals surface area contributed by atoms with E-state index in [0.717, 1.165) is 10.0 Å². The molecule has 1 N–H and O–H groups in total. The van der Waals surface area contributed by atoms with E-state index in [9.17, 15) is 4.79 Å². The topological polar surface area (TPSA) is 87.9 Å². The highest BCUT2D eigenvalue weighted by atomic mass is 79.9. The highest BCUT2D eigenvalue weighted by molar-refractivity contribution is 9.10. The van der Waals surface area contributed by atoms with E-state index in [1.165, 1.54) is 0 Å². The van der Waals surface area contributed by atoms with E-state index in [1.54, 1.807) is 24.5 Å². The second-order valence-corrected chi connectivity index (χ2v) is 6.38. The predicted molar refractivity (Wildman–Crippen MR) is 86.4 cm³/mol. The number of ether oxygens (including phenoxy) is 1. The Kier molecular flexibility index (Phi) is 4.01. The lowest BCUT2D eigenvalue weighted by atomic mass is 9.91. The van der Waals surface area contributed by atoms with Crippen LogP contribution in [0.25, 0.3) is 0 Å². The average Bonchev–Trinajstić information content (AvgIpc) is 2.85. The molecule has 116 valence electrons. The minimum Gasteiger partial charge on any atom is -0.453 e. The van der Waals surface area contributed by atoms with Crippen LogP contribution in [0.3, 0.4) is 0 Å². The first-order chi connectivity index (χ1) is 11.0. The lowest BCUT2D eigenvalue weighted by Crippen LogP contribution is -2.26. The molecule has 23 heavy (non-hydrogen) atoms. The number of hydrogen-bond donors (Lipinski definition) is 1. The molecule has 2 aromatic rings. The smallest absolute Gasteiger partial charge is 0.329 e. The van der Waals surface area contributed by atoms with Gasteiger partial charge in [-0.3, -0.25) is 0 Å². The van der Waals surface area contributed by atoms with Crippen molar-refractivity contribution in [3.8, 4) is 6.07 Å². The van der Waals surface area contributed by atoms with Crippen LogP contribution in [0, 0.1) is 11.3 Å². The molecule has 7 heteroatoms. The van der Waals surface area contributed by atoms with Gasteiger partial charge in [0.15, 0.2) is 0 Å². The molecule has 0 bridgehead atoms. The summed E-state index contributed by atoms with van der Waals surface area (Å²) in [5.41, 5.74) is 0.684. The van der Waals surface area contributed by atoms with Crippen molar-refractivity contribution in [2.45, 2.75) is 25.0 Å². The summed E-state index contributed by atoms with van der Waals surface area (Å²) in [6.07, 6.45) is 3.67. The first kappa shape index (κ1) is 15.4. The number of aromatic nitrogens is 2. The minimum absolute atomic E-state index is 0.344. The van der Waals surface area contributed by atoms with E-state index in [4.69, 9.17) is 10.00 Å². The van der Waals surface area contributed by atoms with Gasteiger partial charge in [0.05, 0.1) is 16.1 Å². The van der Waals surface area contributed by atoms with Crippen LogP contribution in [0.5, 0.6) is 0 Å². The van der Waals surface area contributed by atoms with E-state index in [2.05, 4.69) is 37.3 Å². The van der Waals surface area contributed by atoms with Crippen molar-refractivity contribution in [1.82, 2.24) is 9.97 Å². The number of carbonyl (C=O) groups excluding carboxylic acids is 1. The van der Waals surface area contributed by atoms with Gasteiger partial charge in [-0.1, -0.05) is 12.1 Å². The number of nitrogens with zero attached hydrogens (tertiary/aromatic N) is 3. The fourth-order valence-electron chi connectivity index (χ4n) is 2.53. The Morgan fingerprint density at radius 3 is 2.61 bits per heavy atom. The van der Waals surface area contributed by atoms with Gasteiger partial charge < -0.3 is 10.1 Å². The quantitative estimate of drug-likeness (QED) is 0.833. The largest absolute Gasteiger partial charge is 0.453 e. The molecule has 2 heterocycles. The van der Waals surface area contributed by atoms with Crippen LogP contribution in [0.1, 0.15) is 24.5 Å². The predicted octanol–water partition coefficient (Wildman–Crippen LogP) is 2.75. The Labute approximate surface area is 141 Å². The molecule has 0 amide bonds. The van der Waals surface area contributed by atoms with Gasteiger partial charge >= 0.3 is 5.97 Å². The van der Waals surface area contributed by atoms with Crippen LogP contribution in [-0.4, -0.2) is 22.0 Å². The maximum absolute atomic E-state index is 12.2. The number of rotatable bonds is 3. The Morgan fingerprint density at radius 2 is 2.00 bits per heavy atom. The van der Waals surface area contributed by atoms with Crippen molar-refractivity contribution in [2.24, 2.45) is 0 Å². The number of hydrogen-bond acceptors (Lipinski definition) is 6. The molecular formula is C16H13BrN4O2. The molecule has 0 spiro atoms. The number of esters is 1. The van der Waals surface area contributed by atoms with Crippen LogP contribution in [0.15, 0.2) is 41.1 Å². The molecule has 1 aliphatic rings. The monoisotopic (exact) mass is 372 g/mol. The zero-order chi connectivity index (χ0) is 16.4. The molecule has 2 unspecified atom stereocenters. The zero-order valence-corrected chi connectivity index (χ0v) is 13.9. The summed E-state index contributed by atoms with van der Waals surface area (Å²) in [4.78, 5) is 20.4. The molecular weight excluding hydrogens is 360 g/mol. The van der Waals surface area contributed by atoms with Crippen molar-refractivity contribution in [1.29, 1.82) is 5.26 Å². The summed E-state index contributed by atoms with van der Waals surface area (Å²) in [5.74, 6) is 0.0302. The van der Waals surface area contributed by atoms with Crippen LogP contribution in [-0.2, 0) is 15.1 Å². The van der Waals surface area contributed by atoms with Gasteiger partial charge in [0.25, 0.3) is 0 Å². The molecule has 1 fully saturated rings. The summed E-state index contributed by atoms with van der Waals surface area (Å²) >= 11 is 3.26. The maximum Gasteiger partial charge on any atom is 0.329 e. The summed E-state index contributed by atoms with van der Waals surface area (Å²) in [6, 6.07) is 8.61. The van der Waals surface area contributed by atoms with Crippen LogP contribution in [0.4, 0.5) is 5.95 Å². The first-order valence-electron chi connectivity index (χ1n) is 6.98. The second kappa shape index (κ2) is 5.97. The Hall–Kier alpha value is -2.46. The standard InChI is InChI=1S/C16H13BrN4O2/c1-16(11-4-2-10(7-18)3-5-11)6-13(14(22)23-16)21-15-19-8-12(17)9-20-15/h2-5,8-9,13H,6H2,1H3,(H,19,20,21). The van der Waals surface area contributed by atoms with E-state index in [1.807, 2.05) is 19.1 Å². The number of benzene rings is 1. The van der Waals surface area contributed by atoms with Gasteiger partial charge in [-0.2, -0.15) is 5.26 Å². The molecule has 1 saturated heterocycles. The van der Waals surface area contributed by atoms with Gasteiger partial charge in [0.2, 0.25) is 5.95 Å². The highest BCUT2D eigenvalue weighted by Crippen LogP contribution is 2.37. The van der Waals surface area contributed by atoms with Crippen LogP contribution in [0.2, 0.25) is 0 Å². The van der Waals surface area contributed by atoms with Crippen molar-refractivity contribution >= 4 is 27.8 Å². The Balaban J connectivity index is 1.77. The minimum atomic E-state index is -0.738. The summed E-state index contributed by atoms with van der Waals surface area (Å²) in [6.45, 7) is 1.86. The third-order valence-corrected chi connectivity index (χ3v) is 4.16. The fourth-order valence-corrected chi connectivity index (χ4v) is 2.74. The van der Waals surface area contributed by atoms with Gasteiger partial charge in [-0.15, -0.1) is 0 Å². The number of anilines is 1. The molecule has 1 aromatic carbocycles. The van der Waals surface area contributed by atoms with Gasteiger partial charge in [0, 0.05) is 18.8 Å². The van der Waals surface area contributed by atoms with E-state index < -0.39 is 11.6 Å². The fraction of sp³-hybridized carbons (Fsp3) is 0.250. The van der Waals surface area contributed by atoms with Crippen LogP contribution >= 0.6 is 15.9 Å². The normalized spacial score (nSPS) is 23.2. The number of cyclic esters (lactones) is 1. The average molecular weight is 373 g/mol. The van der Waals surface area contributed by atoms with Gasteiger partial charge in [-0.25, -0.2) is 14.8 Å². The summed E-state index contributed by atoms with van der Waals surface area (Å²) in [7, 11) is 0. The summed E-state index contributed by atoms with van der Waals surface area (Å²) in [5, 5.41) is 11.9. The third kappa shape index (κ3) is 3.17. The maximum atomic E-state index is 12.2. The molecule has 1 aromatic heterocycles. The van der Waals surface area contributed by atoms with Crippen molar-refractivity contribution in [3.05, 3.63) is 52.3 Å². The number of carbonyl (C=O) groups is 1. The van der Waals surface area contributed by atoms with Gasteiger partial charge in [0.1, 0.15) is 11.6 Å². The van der Waals surface area contributed by atoms with Gasteiger partial charge in [-0.05, 0) is 40.5 Å². The van der Waals surface area contributed by atoms with Crippen molar-refractivity contribution < 1.29 is 9.53 Å². The van der Waals surface area contributed by atoms with Crippen molar-refractivity contribution in [2.75, 3.05) is 5.32 Å². The Morgan fingerprint density at radius 1 is 1.35 bits per heavy atom. The molecule has 6 nitrogen and oxygen atoms in total. The lowest BCUT2D eigenvalue weighted by molar-refractivity contribution is -0.148. The molecule has 1 aliphatic heterocycles. The molecule has 3 rings (SSSR count). The lowest BCUT2D eigenvalue weighted by Gasteiger charge is -2.23. The number of nitrogens with one attached hydrogen (secondary N) is 1. The second-order valence-electron chi connectivity index (χ2n) is 5.47.